The second-order valence-electron chi connectivity index (χ2n) is 4.49. The number of hydrogen-bond donors (Lipinski definition) is 1. The summed E-state index contributed by atoms with van der Waals surface area (Å²) in [6.07, 6.45) is 9.21. The molecule has 3 nitrogen and oxygen atoms in total. The number of allylic oxidation sites excluding steroid dienone is 2. The molecule has 3 heteroatoms. The van der Waals surface area contributed by atoms with E-state index in [2.05, 4.69) is 29.6 Å². The van der Waals surface area contributed by atoms with Crippen molar-refractivity contribution in [2.45, 2.75) is 13.3 Å². The van der Waals surface area contributed by atoms with Crippen molar-refractivity contribution in [2.75, 3.05) is 19.0 Å². The number of esters is 1. The van der Waals surface area contributed by atoms with Gasteiger partial charge in [0.2, 0.25) is 0 Å². The molecule has 1 aliphatic rings. The van der Waals surface area contributed by atoms with Crippen molar-refractivity contribution < 1.29 is 9.53 Å². The Morgan fingerprint density at radius 2 is 2.05 bits per heavy atom. The Labute approximate surface area is 114 Å². The lowest BCUT2D eigenvalue weighted by molar-refractivity contribution is 0.0599. The van der Waals surface area contributed by atoms with Gasteiger partial charge in [0.25, 0.3) is 0 Å². The molecule has 1 aromatic carbocycles. The first-order valence-corrected chi connectivity index (χ1v) is 6.55. The molecular formula is C16H19NO2. The minimum absolute atomic E-state index is 0.277. The van der Waals surface area contributed by atoms with Crippen molar-refractivity contribution in [3.8, 4) is 0 Å². The summed E-state index contributed by atoms with van der Waals surface area (Å²) in [6.45, 7) is 2.88. The Bertz CT molecular complexity index is 505. The lowest BCUT2D eigenvalue weighted by atomic mass is 10.0. The van der Waals surface area contributed by atoms with Crippen molar-refractivity contribution in [2.24, 2.45) is 5.92 Å². The first kappa shape index (κ1) is 13.4. The highest BCUT2D eigenvalue weighted by Crippen LogP contribution is 2.22. The van der Waals surface area contributed by atoms with Crippen molar-refractivity contribution in [3.63, 3.8) is 0 Å². The predicted molar refractivity (Wildman–Crippen MR) is 77.4 cm³/mol. The monoisotopic (exact) mass is 257 g/mol. The van der Waals surface area contributed by atoms with E-state index >= 15 is 0 Å². The number of ether oxygens (including phenoxy) is 1. The van der Waals surface area contributed by atoms with Gasteiger partial charge in [0, 0.05) is 18.2 Å². The van der Waals surface area contributed by atoms with Crippen LogP contribution < -0.4 is 5.32 Å². The molecule has 0 aromatic heterocycles. The summed E-state index contributed by atoms with van der Waals surface area (Å²) in [4.78, 5) is 11.7. The Hall–Kier alpha value is -2.03. The van der Waals surface area contributed by atoms with Gasteiger partial charge in [0.05, 0.1) is 12.7 Å². The lowest BCUT2D eigenvalue weighted by Gasteiger charge is -2.15. The van der Waals surface area contributed by atoms with Crippen molar-refractivity contribution in [1.82, 2.24) is 0 Å². The summed E-state index contributed by atoms with van der Waals surface area (Å²) >= 11 is 0. The number of nitrogens with one attached hydrogen (secondary N) is 1. The first-order valence-electron chi connectivity index (χ1n) is 6.55. The minimum atomic E-state index is -0.277. The maximum atomic E-state index is 11.7. The van der Waals surface area contributed by atoms with E-state index in [4.69, 9.17) is 4.74 Å². The maximum Gasteiger partial charge on any atom is 0.338 e. The van der Waals surface area contributed by atoms with E-state index in [-0.39, 0.29) is 5.97 Å². The molecule has 19 heavy (non-hydrogen) atoms. The zero-order valence-electron chi connectivity index (χ0n) is 11.3. The molecule has 0 radical (unpaired) electrons. The van der Waals surface area contributed by atoms with Crippen LogP contribution in [0.5, 0.6) is 0 Å². The SMILES string of the molecule is CCc1c(NCC2C=CC=C2)cccc1C(=O)OC. The molecule has 0 bridgehead atoms. The Morgan fingerprint density at radius 3 is 2.68 bits per heavy atom. The third-order valence-corrected chi connectivity index (χ3v) is 3.29. The van der Waals surface area contributed by atoms with Gasteiger partial charge < -0.3 is 10.1 Å². The molecule has 2 rings (SSSR count). The van der Waals surface area contributed by atoms with Crippen LogP contribution in [0, 0.1) is 5.92 Å². The normalized spacial score (nSPS) is 13.8. The van der Waals surface area contributed by atoms with E-state index in [1.807, 2.05) is 25.1 Å². The zero-order valence-corrected chi connectivity index (χ0v) is 11.3. The van der Waals surface area contributed by atoms with Crippen LogP contribution in [-0.2, 0) is 11.2 Å². The largest absolute Gasteiger partial charge is 0.465 e. The summed E-state index contributed by atoms with van der Waals surface area (Å²) < 4.78 is 4.82. The standard InChI is InChI=1S/C16H19NO2/c1-3-13-14(16(18)19-2)9-6-10-15(13)17-11-12-7-4-5-8-12/h4-10,12,17H,3,11H2,1-2H3. The molecule has 0 saturated heterocycles. The molecule has 0 saturated carbocycles. The average Bonchev–Trinajstić information content (AvgIpc) is 2.97. The van der Waals surface area contributed by atoms with Crippen LogP contribution in [-0.4, -0.2) is 19.6 Å². The summed E-state index contributed by atoms with van der Waals surface area (Å²) in [6, 6.07) is 5.70. The molecule has 1 aromatic rings. The molecule has 0 amide bonds. The summed E-state index contributed by atoms with van der Waals surface area (Å²) in [7, 11) is 1.41. The minimum Gasteiger partial charge on any atom is -0.465 e. The quantitative estimate of drug-likeness (QED) is 0.823. The molecular weight excluding hydrogens is 238 g/mol. The fourth-order valence-corrected chi connectivity index (χ4v) is 2.28. The van der Waals surface area contributed by atoms with Crippen LogP contribution in [0.15, 0.2) is 42.5 Å². The third kappa shape index (κ3) is 3.05. The number of rotatable bonds is 5. The highest BCUT2D eigenvalue weighted by Gasteiger charge is 2.14. The Morgan fingerprint density at radius 1 is 1.32 bits per heavy atom. The van der Waals surface area contributed by atoms with Crippen LogP contribution in [0.3, 0.4) is 0 Å². The number of carbonyl (C=O) groups is 1. The Balaban J connectivity index is 2.17. The second kappa shape index (κ2) is 6.23. The van der Waals surface area contributed by atoms with E-state index in [0.717, 1.165) is 24.2 Å². The average molecular weight is 257 g/mol. The lowest BCUT2D eigenvalue weighted by Crippen LogP contribution is -2.13. The first-order chi connectivity index (χ1) is 9.26. The molecule has 0 spiro atoms. The van der Waals surface area contributed by atoms with Crippen LogP contribution in [0.2, 0.25) is 0 Å². The smallest absolute Gasteiger partial charge is 0.338 e. The topological polar surface area (TPSA) is 38.3 Å². The number of anilines is 1. The van der Waals surface area contributed by atoms with Gasteiger partial charge in [0.1, 0.15) is 0 Å². The van der Waals surface area contributed by atoms with Crippen LogP contribution in [0.25, 0.3) is 0 Å². The molecule has 1 aliphatic carbocycles. The highest BCUT2D eigenvalue weighted by atomic mass is 16.5. The molecule has 0 unspecified atom stereocenters. The highest BCUT2D eigenvalue weighted by molar-refractivity contribution is 5.92. The van der Waals surface area contributed by atoms with Gasteiger partial charge in [0.15, 0.2) is 0 Å². The van der Waals surface area contributed by atoms with Gasteiger partial charge in [-0.1, -0.05) is 37.3 Å². The molecule has 0 fully saturated rings. The fourth-order valence-electron chi connectivity index (χ4n) is 2.28. The molecule has 0 aliphatic heterocycles. The van der Waals surface area contributed by atoms with E-state index in [0.29, 0.717) is 11.5 Å². The van der Waals surface area contributed by atoms with E-state index in [9.17, 15) is 4.79 Å². The van der Waals surface area contributed by atoms with Gasteiger partial charge >= 0.3 is 5.97 Å². The molecule has 1 N–H and O–H groups in total. The van der Waals surface area contributed by atoms with Crippen LogP contribution in [0.1, 0.15) is 22.8 Å². The third-order valence-electron chi connectivity index (χ3n) is 3.29. The van der Waals surface area contributed by atoms with Gasteiger partial charge in [-0.2, -0.15) is 0 Å². The summed E-state index contributed by atoms with van der Waals surface area (Å²) in [5.74, 6) is 0.146. The predicted octanol–water partition coefficient (Wildman–Crippen LogP) is 3.19. The molecule has 100 valence electrons. The van der Waals surface area contributed by atoms with Gasteiger partial charge in [-0.25, -0.2) is 4.79 Å². The van der Waals surface area contributed by atoms with Crippen molar-refractivity contribution >= 4 is 11.7 Å². The Kier molecular flexibility index (Phi) is 4.39. The number of hydrogen-bond acceptors (Lipinski definition) is 3. The second-order valence-corrected chi connectivity index (χ2v) is 4.49. The summed E-state index contributed by atoms with van der Waals surface area (Å²) in [5, 5.41) is 3.42. The van der Waals surface area contributed by atoms with Gasteiger partial charge in [-0.05, 0) is 24.1 Å². The van der Waals surface area contributed by atoms with Crippen LogP contribution >= 0.6 is 0 Å². The van der Waals surface area contributed by atoms with E-state index < -0.39 is 0 Å². The van der Waals surface area contributed by atoms with Gasteiger partial charge in [-0.3, -0.25) is 0 Å². The summed E-state index contributed by atoms with van der Waals surface area (Å²) in [5.41, 5.74) is 2.67. The number of methoxy groups -OCH3 is 1. The van der Waals surface area contributed by atoms with Crippen LogP contribution in [0.4, 0.5) is 5.69 Å². The van der Waals surface area contributed by atoms with Gasteiger partial charge in [-0.15, -0.1) is 0 Å². The number of benzene rings is 1. The van der Waals surface area contributed by atoms with E-state index in [1.165, 1.54) is 7.11 Å². The number of carbonyl (C=O) groups excluding carboxylic acids is 1. The maximum absolute atomic E-state index is 11.7. The van der Waals surface area contributed by atoms with Crippen molar-refractivity contribution in [1.29, 1.82) is 0 Å². The van der Waals surface area contributed by atoms with Crippen molar-refractivity contribution in [3.05, 3.63) is 53.6 Å². The zero-order chi connectivity index (χ0) is 13.7. The fraction of sp³-hybridized carbons (Fsp3) is 0.312. The molecule has 0 atom stereocenters. The van der Waals surface area contributed by atoms with E-state index in [1.54, 1.807) is 0 Å². The molecule has 0 heterocycles.